The van der Waals surface area contributed by atoms with Crippen molar-refractivity contribution in [2.45, 2.75) is 125 Å². The zero-order valence-electron chi connectivity index (χ0n) is 29.2. The van der Waals surface area contributed by atoms with Crippen LogP contribution in [0.4, 0.5) is 0 Å². The van der Waals surface area contributed by atoms with E-state index in [0.717, 1.165) is 49.0 Å². The molecule has 5 nitrogen and oxygen atoms in total. The summed E-state index contributed by atoms with van der Waals surface area (Å²) in [6.07, 6.45) is 4.87. The molecule has 0 bridgehead atoms. The highest BCUT2D eigenvalue weighted by atomic mass is 16.7. The summed E-state index contributed by atoms with van der Waals surface area (Å²) in [5.41, 5.74) is 7.13. The first kappa shape index (κ1) is 32.2. The number of aromatic nitrogens is 1. The van der Waals surface area contributed by atoms with E-state index in [-0.39, 0.29) is 11.7 Å². The maximum atomic E-state index is 7.03. The molecule has 1 aromatic heterocycles. The van der Waals surface area contributed by atoms with E-state index in [1.807, 2.05) is 0 Å². The molecule has 6 rings (SSSR count). The van der Waals surface area contributed by atoms with Gasteiger partial charge in [0.05, 0.1) is 34.5 Å². The van der Waals surface area contributed by atoms with E-state index in [0.29, 0.717) is 12.5 Å². The Morgan fingerprint density at radius 2 is 1.49 bits per heavy atom. The number of hydrogen-bond acceptors (Lipinski definition) is 4. The number of benzene rings is 3. The van der Waals surface area contributed by atoms with Gasteiger partial charge in [-0.3, -0.25) is 0 Å². The predicted molar refractivity (Wildman–Crippen MR) is 187 cm³/mol. The van der Waals surface area contributed by atoms with Crippen LogP contribution in [0.1, 0.15) is 110 Å². The van der Waals surface area contributed by atoms with Gasteiger partial charge < -0.3 is 23.3 Å². The fraction of sp³-hybridized carbons (Fsp3) is 0.538. The van der Waals surface area contributed by atoms with Crippen LogP contribution >= 0.6 is 0 Å². The molecule has 2 aliphatic rings. The lowest BCUT2D eigenvalue weighted by atomic mass is 9.70. The largest absolute Gasteiger partial charge is 0.498 e. The van der Waals surface area contributed by atoms with Crippen molar-refractivity contribution in [2.24, 2.45) is 5.41 Å². The van der Waals surface area contributed by atoms with Crippen molar-refractivity contribution < 1.29 is 18.8 Å². The van der Waals surface area contributed by atoms with Crippen LogP contribution in [-0.2, 0) is 14.0 Å². The summed E-state index contributed by atoms with van der Waals surface area (Å²) < 4.78 is 29.3. The minimum Gasteiger partial charge on any atom is -0.463 e. The summed E-state index contributed by atoms with van der Waals surface area (Å²) in [4.78, 5) is 0. The average Bonchev–Trinajstić information content (AvgIpc) is 3.39. The third kappa shape index (κ3) is 5.95. The molecule has 240 valence electrons. The summed E-state index contributed by atoms with van der Waals surface area (Å²) in [7, 11) is -0.578. The van der Waals surface area contributed by atoms with Crippen molar-refractivity contribution in [1.29, 1.82) is 0 Å². The lowest BCUT2D eigenvalue weighted by molar-refractivity contribution is -0.105. The molecule has 0 amide bonds. The molecule has 3 aromatic carbocycles. The van der Waals surface area contributed by atoms with E-state index in [9.17, 15) is 0 Å². The van der Waals surface area contributed by atoms with Gasteiger partial charge in [-0.25, -0.2) is 0 Å². The monoisotopic (exact) mass is 609 g/mol. The minimum absolute atomic E-state index is 0.0589. The van der Waals surface area contributed by atoms with E-state index in [1.165, 1.54) is 38.5 Å². The van der Waals surface area contributed by atoms with E-state index in [2.05, 4.69) is 122 Å². The number of aryl methyl sites for hydroxylation is 2. The Balaban J connectivity index is 1.71. The fourth-order valence-corrected chi connectivity index (χ4v) is 7.12. The lowest BCUT2D eigenvalue weighted by Crippen LogP contribution is -2.41. The predicted octanol–water partition coefficient (Wildman–Crippen LogP) is 9.53. The van der Waals surface area contributed by atoms with Crippen LogP contribution in [0.15, 0.2) is 48.5 Å². The Hall–Kier alpha value is -2.80. The molecular weight excluding hydrogens is 557 g/mol. The fourth-order valence-electron chi connectivity index (χ4n) is 7.12. The Morgan fingerprint density at radius 3 is 2.00 bits per heavy atom. The van der Waals surface area contributed by atoms with Crippen molar-refractivity contribution in [3.05, 3.63) is 65.2 Å². The van der Waals surface area contributed by atoms with E-state index >= 15 is 0 Å². The summed E-state index contributed by atoms with van der Waals surface area (Å²) in [5.74, 6) is 1.12. The van der Waals surface area contributed by atoms with Gasteiger partial charge in [-0.05, 0) is 107 Å². The Kier molecular flexibility index (Phi) is 8.42. The number of hydrogen-bond donors (Lipinski definition) is 0. The molecule has 4 aromatic rings. The van der Waals surface area contributed by atoms with Gasteiger partial charge in [-0.2, -0.15) is 0 Å². The van der Waals surface area contributed by atoms with Crippen LogP contribution in [-0.4, -0.2) is 35.8 Å². The van der Waals surface area contributed by atoms with Crippen LogP contribution in [0.5, 0.6) is 5.75 Å². The third-order valence-electron chi connectivity index (χ3n) is 10.4. The Labute approximate surface area is 270 Å². The van der Waals surface area contributed by atoms with E-state index in [1.54, 1.807) is 0 Å². The maximum Gasteiger partial charge on any atom is 0.498 e. The molecule has 3 heterocycles. The molecule has 0 saturated carbocycles. The maximum absolute atomic E-state index is 7.03. The highest BCUT2D eigenvalue weighted by Crippen LogP contribution is 2.44. The molecule has 45 heavy (non-hydrogen) atoms. The Morgan fingerprint density at radius 1 is 0.889 bits per heavy atom. The van der Waals surface area contributed by atoms with Crippen LogP contribution in [0.3, 0.4) is 0 Å². The van der Waals surface area contributed by atoms with Crippen LogP contribution < -0.4 is 10.2 Å². The molecule has 2 aliphatic heterocycles. The molecule has 2 fully saturated rings. The molecule has 2 unspecified atom stereocenters. The minimum atomic E-state index is -0.578. The quantitative estimate of drug-likeness (QED) is 0.196. The topological polar surface area (TPSA) is 41.9 Å². The van der Waals surface area contributed by atoms with Crippen LogP contribution in [0.25, 0.3) is 27.5 Å². The van der Waals surface area contributed by atoms with Gasteiger partial charge in [0.15, 0.2) is 6.29 Å². The molecule has 0 N–H and O–H groups in total. The SMILES string of the molecule is CCCC(c1cc(B2OC(C)(C)C(C)(C)O2)c(OC2CCCCO2)c(-n2c3cc(C)ccc3c3ccc(C)cc32)c1)C(C)(C)C. The van der Waals surface area contributed by atoms with Gasteiger partial charge in [0.1, 0.15) is 5.75 Å². The summed E-state index contributed by atoms with van der Waals surface area (Å²) in [6, 6.07) is 18.3. The number of rotatable bonds is 7. The lowest BCUT2D eigenvalue weighted by Gasteiger charge is -2.33. The normalized spacial score (nSPS) is 20.7. The number of fused-ring (bicyclic) bond motifs is 3. The average molecular weight is 610 g/mol. The zero-order chi connectivity index (χ0) is 32.3. The molecule has 0 aliphatic carbocycles. The van der Waals surface area contributed by atoms with E-state index < -0.39 is 18.3 Å². The van der Waals surface area contributed by atoms with Gasteiger partial charge in [-0.15, -0.1) is 0 Å². The highest BCUT2D eigenvalue weighted by Gasteiger charge is 2.53. The van der Waals surface area contributed by atoms with Gasteiger partial charge in [-0.1, -0.05) is 64.4 Å². The van der Waals surface area contributed by atoms with E-state index in [4.69, 9.17) is 18.8 Å². The first-order valence-corrected chi connectivity index (χ1v) is 17.0. The standard InChI is InChI=1S/C39H52BNO4/c1-11-14-30(37(4,5)6)27-23-31(40-44-38(7,8)39(9,10)45-40)36(43-35-15-12-13-20-42-35)34(24-27)41-32-21-25(2)16-18-28(32)29-19-17-26(3)22-33(29)41/h16-19,21-24,30,35H,11-15,20H2,1-10H3. The molecular formula is C39H52BNO4. The summed E-state index contributed by atoms with van der Waals surface area (Å²) in [6.45, 7) is 22.9. The van der Waals surface area contributed by atoms with Crippen molar-refractivity contribution in [3.8, 4) is 11.4 Å². The first-order chi connectivity index (χ1) is 21.2. The molecule has 0 spiro atoms. The number of ether oxygens (including phenoxy) is 2. The number of nitrogens with zero attached hydrogens (tertiary/aromatic N) is 1. The molecule has 2 saturated heterocycles. The third-order valence-corrected chi connectivity index (χ3v) is 10.4. The summed E-state index contributed by atoms with van der Waals surface area (Å²) in [5, 5.41) is 2.47. The second kappa shape index (κ2) is 11.8. The second-order valence-electron chi connectivity index (χ2n) is 15.5. The van der Waals surface area contributed by atoms with Crippen molar-refractivity contribution in [3.63, 3.8) is 0 Å². The van der Waals surface area contributed by atoms with Crippen molar-refractivity contribution >= 4 is 34.4 Å². The highest BCUT2D eigenvalue weighted by molar-refractivity contribution is 6.63. The molecule has 0 radical (unpaired) electrons. The molecule has 6 heteroatoms. The summed E-state index contributed by atoms with van der Waals surface area (Å²) >= 11 is 0. The van der Waals surface area contributed by atoms with Gasteiger partial charge in [0.2, 0.25) is 0 Å². The smallest absolute Gasteiger partial charge is 0.463 e. The zero-order valence-corrected chi connectivity index (χ0v) is 29.2. The van der Waals surface area contributed by atoms with Gasteiger partial charge in [0.25, 0.3) is 0 Å². The van der Waals surface area contributed by atoms with Gasteiger partial charge >= 0.3 is 7.12 Å². The van der Waals surface area contributed by atoms with Gasteiger partial charge in [0, 0.05) is 22.7 Å². The van der Waals surface area contributed by atoms with Crippen molar-refractivity contribution in [2.75, 3.05) is 6.61 Å². The van der Waals surface area contributed by atoms with Crippen LogP contribution in [0, 0.1) is 19.3 Å². The van der Waals surface area contributed by atoms with Crippen LogP contribution in [0.2, 0.25) is 0 Å². The second-order valence-corrected chi connectivity index (χ2v) is 15.5. The Bertz CT molecular complexity index is 1630. The molecule has 2 atom stereocenters. The van der Waals surface area contributed by atoms with Crippen molar-refractivity contribution in [1.82, 2.24) is 4.57 Å². The first-order valence-electron chi connectivity index (χ1n) is 17.0.